The molecule has 0 aliphatic heterocycles. The standard InChI is InChI=1S/C25H37N3.C6H15P.C3H6/c1-6-11-25(23-12-9-10-13-24(23)26-4)27-18-19-28(5)22-16-14-21(15-17-22)20(7-2)8-3;1-4-5-6-7(2)3;1-3-2/h7-10,12-13,21-22H,2,4,6,11,14-19H2,1,3,5H3;4-6H2,1-3H3;3H,1H2,2H3/b20-8+,27-25?;;. The zero-order chi connectivity index (χ0) is 28.8. The highest BCUT2D eigenvalue weighted by molar-refractivity contribution is 7.55. The van der Waals surface area contributed by atoms with Crippen molar-refractivity contribution in [3.63, 3.8) is 0 Å². The first-order valence-corrected chi connectivity index (χ1v) is 17.0. The molecule has 1 saturated carbocycles. The summed E-state index contributed by atoms with van der Waals surface area (Å²) in [5.41, 5.74) is 4.64. The Morgan fingerprint density at radius 2 is 1.68 bits per heavy atom. The Morgan fingerprint density at radius 3 is 2.16 bits per heavy atom. The SMILES string of the molecule is C=C/C(=C\C)C1CCC(N(C)CCN=C(CCC)c2ccccc2N=C)CC1.C=CC.CCCCP(C)C. The number of allylic oxidation sites excluding steroid dienone is 4. The van der Waals surface area contributed by atoms with Crippen molar-refractivity contribution >= 4 is 26.0 Å². The first-order chi connectivity index (χ1) is 18.3. The lowest BCUT2D eigenvalue weighted by Gasteiger charge is -2.35. The maximum Gasteiger partial charge on any atom is 0.0712 e. The summed E-state index contributed by atoms with van der Waals surface area (Å²) in [6.07, 6.45) is 17.4. The van der Waals surface area contributed by atoms with Gasteiger partial charge in [-0.25, -0.2) is 0 Å². The van der Waals surface area contributed by atoms with Gasteiger partial charge in [0.1, 0.15) is 0 Å². The quantitative estimate of drug-likeness (QED) is 0.106. The van der Waals surface area contributed by atoms with E-state index in [9.17, 15) is 0 Å². The number of hydrogen-bond donors (Lipinski definition) is 0. The van der Waals surface area contributed by atoms with Gasteiger partial charge in [0.05, 0.1) is 12.2 Å². The molecule has 1 aliphatic rings. The van der Waals surface area contributed by atoms with Gasteiger partial charge in [-0.1, -0.05) is 69.7 Å². The molecular weight excluding hydrogens is 481 g/mol. The molecule has 3 nitrogen and oxygen atoms in total. The van der Waals surface area contributed by atoms with E-state index in [1.54, 1.807) is 6.08 Å². The van der Waals surface area contributed by atoms with Crippen LogP contribution >= 0.6 is 7.92 Å². The lowest BCUT2D eigenvalue weighted by atomic mass is 9.81. The Bertz CT molecular complexity index is 832. The Balaban J connectivity index is 0.00000117. The van der Waals surface area contributed by atoms with Gasteiger partial charge in [-0.05, 0) is 103 Å². The summed E-state index contributed by atoms with van der Waals surface area (Å²) in [6.45, 7) is 26.0. The van der Waals surface area contributed by atoms with E-state index in [1.165, 1.54) is 50.3 Å². The van der Waals surface area contributed by atoms with Crippen molar-refractivity contribution in [2.75, 3.05) is 39.6 Å². The minimum atomic E-state index is 0.394. The second-order valence-electron chi connectivity index (χ2n) is 10.3. The molecule has 1 fully saturated rings. The monoisotopic (exact) mass is 539 g/mol. The summed E-state index contributed by atoms with van der Waals surface area (Å²) in [7, 11) is 2.65. The lowest BCUT2D eigenvalue weighted by Crippen LogP contribution is -2.37. The summed E-state index contributed by atoms with van der Waals surface area (Å²) in [6, 6.07) is 8.86. The number of rotatable bonds is 13. The summed E-state index contributed by atoms with van der Waals surface area (Å²) in [5, 5.41) is 0. The zero-order valence-electron chi connectivity index (χ0n) is 25.9. The van der Waals surface area contributed by atoms with E-state index in [4.69, 9.17) is 4.99 Å². The molecule has 0 atom stereocenters. The van der Waals surface area contributed by atoms with Gasteiger partial charge in [-0.2, -0.15) is 0 Å². The van der Waals surface area contributed by atoms with Crippen LogP contribution in [0, 0.1) is 5.92 Å². The van der Waals surface area contributed by atoms with Crippen molar-refractivity contribution in [2.24, 2.45) is 15.9 Å². The van der Waals surface area contributed by atoms with Crippen LogP contribution in [0.15, 0.2) is 71.2 Å². The van der Waals surface area contributed by atoms with Gasteiger partial charge in [0, 0.05) is 23.9 Å². The van der Waals surface area contributed by atoms with Crippen LogP contribution in [0.5, 0.6) is 0 Å². The van der Waals surface area contributed by atoms with Crippen LogP contribution in [0.3, 0.4) is 0 Å². The average molecular weight is 540 g/mol. The number of likely N-dealkylation sites (N-methyl/N-ethyl adjacent to an activating group) is 1. The lowest BCUT2D eigenvalue weighted by molar-refractivity contribution is 0.179. The molecule has 0 radical (unpaired) electrons. The van der Waals surface area contributed by atoms with E-state index in [1.807, 2.05) is 25.1 Å². The molecule has 1 aromatic rings. The van der Waals surface area contributed by atoms with Gasteiger partial charge in [-0.15, -0.1) is 14.5 Å². The molecule has 0 aromatic heterocycles. The summed E-state index contributed by atoms with van der Waals surface area (Å²) in [5.74, 6) is 0.698. The minimum Gasteiger partial charge on any atom is -0.302 e. The van der Waals surface area contributed by atoms with Gasteiger partial charge < -0.3 is 4.90 Å². The van der Waals surface area contributed by atoms with Gasteiger partial charge in [-0.3, -0.25) is 9.98 Å². The fourth-order valence-corrected chi connectivity index (χ4v) is 5.71. The van der Waals surface area contributed by atoms with Crippen molar-refractivity contribution in [3.8, 4) is 0 Å². The fourth-order valence-electron chi connectivity index (χ4n) is 4.76. The Labute approximate surface area is 238 Å². The number of hydrogen-bond acceptors (Lipinski definition) is 3. The van der Waals surface area contributed by atoms with Gasteiger partial charge in [0.25, 0.3) is 0 Å². The third kappa shape index (κ3) is 14.9. The van der Waals surface area contributed by atoms with Crippen molar-refractivity contribution in [2.45, 2.75) is 85.1 Å². The summed E-state index contributed by atoms with van der Waals surface area (Å²) >= 11 is 0. The van der Waals surface area contributed by atoms with Gasteiger partial charge >= 0.3 is 0 Å². The third-order valence-electron chi connectivity index (χ3n) is 6.95. The smallest absolute Gasteiger partial charge is 0.0712 e. The Kier molecular flexibility index (Phi) is 22.0. The molecule has 4 heteroatoms. The van der Waals surface area contributed by atoms with Crippen LogP contribution in [0.4, 0.5) is 5.69 Å². The van der Waals surface area contributed by atoms with E-state index in [-0.39, 0.29) is 0 Å². The second kappa shape index (κ2) is 23.1. The molecular formula is C34H58N3P. The number of para-hydroxylation sites is 1. The van der Waals surface area contributed by atoms with Crippen molar-refractivity contribution in [3.05, 3.63) is 66.8 Å². The molecule has 0 bridgehead atoms. The number of benzene rings is 1. The van der Waals surface area contributed by atoms with Crippen molar-refractivity contribution in [1.82, 2.24) is 4.90 Å². The molecule has 214 valence electrons. The van der Waals surface area contributed by atoms with Crippen LogP contribution in [-0.2, 0) is 0 Å². The molecule has 1 aromatic carbocycles. The van der Waals surface area contributed by atoms with Crippen molar-refractivity contribution < 1.29 is 0 Å². The predicted octanol–water partition coefficient (Wildman–Crippen LogP) is 9.95. The summed E-state index contributed by atoms with van der Waals surface area (Å²) < 4.78 is 0. The van der Waals surface area contributed by atoms with Crippen LogP contribution in [0.2, 0.25) is 0 Å². The Hall–Kier alpha value is -1.83. The predicted molar refractivity (Wildman–Crippen MR) is 179 cm³/mol. The normalized spacial score (nSPS) is 17.7. The van der Waals surface area contributed by atoms with Gasteiger partial charge in [0.2, 0.25) is 0 Å². The van der Waals surface area contributed by atoms with Crippen LogP contribution in [-0.4, -0.2) is 63.0 Å². The fraction of sp³-hybridized carbons (Fsp3) is 0.588. The topological polar surface area (TPSA) is 28.0 Å². The third-order valence-corrected chi connectivity index (χ3v) is 8.16. The molecule has 0 amide bonds. The molecule has 0 spiro atoms. The molecule has 0 saturated heterocycles. The highest BCUT2D eigenvalue weighted by Gasteiger charge is 2.24. The van der Waals surface area contributed by atoms with Gasteiger partial charge in [0.15, 0.2) is 0 Å². The zero-order valence-corrected chi connectivity index (χ0v) is 26.8. The maximum absolute atomic E-state index is 4.96. The van der Waals surface area contributed by atoms with E-state index in [0.29, 0.717) is 19.9 Å². The van der Waals surface area contributed by atoms with E-state index in [2.05, 4.69) is 89.1 Å². The molecule has 38 heavy (non-hydrogen) atoms. The van der Waals surface area contributed by atoms with E-state index >= 15 is 0 Å². The first-order valence-electron chi connectivity index (χ1n) is 14.6. The van der Waals surface area contributed by atoms with E-state index in [0.717, 1.165) is 42.9 Å². The van der Waals surface area contributed by atoms with Crippen LogP contribution in [0.25, 0.3) is 0 Å². The second-order valence-corrected chi connectivity index (χ2v) is 12.9. The minimum absolute atomic E-state index is 0.394. The maximum atomic E-state index is 4.96. The molecule has 2 rings (SSSR count). The number of nitrogens with zero attached hydrogens (tertiary/aromatic N) is 3. The molecule has 0 unspecified atom stereocenters. The van der Waals surface area contributed by atoms with Crippen molar-refractivity contribution in [1.29, 1.82) is 0 Å². The molecule has 0 N–H and O–H groups in total. The Morgan fingerprint density at radius 1 is 1.05 bits per heavy atom. The summed E-state index contributed by atoms with van der Waals surface area (Å²) in [4.78, 5) is 11.6. The average Bonchev–Trinajstić information content (AvgIpc) is 2.93. The number of unbranched alkanes of at least 4 members (excludes halogenated alkanes) is 1. The van der Waals surface area contributed by atoms with Crippen LogP contribution < -0.4 is 0 Å². The number of aliphatic imine (C=N–C) groups is 2. The largest absolute Gasteiger partial charge is 0.302 e. The van der Waals surface area contributed by atoms with Crippen LogP contribution in [0.1, 0.15) is 84.6 Å². The highest BCUT2D eigenvalue weighted by Crippen LogP contribution is 2.32. The highest BCUT2D eigenvalue weighted by atomic mass is 31.1. The van der Waals surface area contributed by atoms with E-state index < -0.39 is 0 Å². The first kappa shape index (κ1) is 36.2. The molecule has 1 aliphatic carbocycles. The molecule has 0 heterocycles.